The zero-order chi connectivity index (χ0) is 23.0. The first-order valence-electron chi connectivity index (χ1n) is 11.2. The van der Waals surface area contributed by atoms with Gasteiger partial charge in [0.25, 0.3) is 11.8 Å². The summed E-state index contributed by atoms with van der Waals surface area (Å²) in [6, 6.07) is 5.85. The third-order valence-corrected chi connectivity index (χ3v) is 7.53. The standard InChI is InChI=1S/C23H25N5O4S/c29-19-18(10-17-11-24-14-33-17)25-21(31)27(19)12-15-6-2-3-7-16(15)13-28-20(30)23(26-22(28)32)8-4-1-5-9-23/h2-3,6-7,11,14,18H,1,4-5,8-10,12-13H2,(H,25,31)(H,26,32). The van der Waals surface area contributed by atoms with Gasteiger partial charge in [-0.25, -0.2) is 9.59 Å². The molecule has 5 rings (SSSR count). The summed E-state index contributed by atoms with van der Waals surface area (Å²) in [6.07, 6.45) is 6.34. The molecule has 1 atom stereocenters. The lowest BCUT2D eigenvalue weighted by Crippen LogP contribution is -2.48. The van der Waals surface area contributed by atoms with Gasteiger partial charge in [0, 0.05) is 17.5 Å². The number of carbonyl (C=O) groups is 4. The van der Waals surface area contributed by atoms with E-state index in [9.17, 15) is 19.2 Å². The molecule has 9 nitrogen and oxygen atoms in total. The van der Waals surface area contributed by atoms with E-state index in [1.165, 1.54) is 21.1 Å². The Morgan fingerprint density at radius 3 is 2.33 bits per heavy atom. The van der Waals surface area contributed by atoms with Crippen LogP contribution in [0.1, 0.15) is 48.1 Å². The van der Waals surface area contributed by atoms with Crippen molar-refractivity contribution in [1.29, 1.82) is 0 Å². The van der Waals surface area contributed by atoms with Crippen LogP contribution >= 0.6 is 11.3 Å². The first kappa shape index (κ1) is 21.6. The van der Waals surface area contributed by atoms with E-state index in [2.05, 4.69) is 15.6 Å². The maximum Gasteiger partial charge on any atom is 0.325 e. The van der Waals surface area contributed by atoms with Gasteiger partial charge in [-0.05, 0) is 24.0 Å². The summed E-state index contributed by atoms with van der Waals surface area (Å²) in [4.78, 5) is 58.7. The van der Waals surface area contributed by atoms with E-state index in [1.807, 2.05) is 24.3 Å². The highest BCUT2D eigenvalue weighted by molar-refractivity contribution is 7.09. The highest BCUT2D eigenvalue weighted by Gasteiger charge is 2.51. The van der Waals surface area contributed by atoms with Crippen molar-refractivity contribution in [1.82, 2.24) is 25.4 Å². The summed E-state index contributed by atoms with van der Waals surface area (Å²) in [5.41, 5.74) is 2.38. The predicted molar refractivity (Wildman–Crippen MR) is 120 cm³/mol. The van der Waals surface area contributed by atoms with Gasteiger partial charge in [-0.1, -0.05) is 43.5 Å². The molecular weight excluding hydrogens is 442 g/mol. The van der Waals surface area contributed by atoms with Crippen molar-refractivity contribution in [3.05, 3.63) is 52.0 Å². The molecule has 1 spiro atoms. The van der Waals surface area contributed by atoms with Crippen LogP contribution in [0.2, 0.25) is 0 Å². The minimum absolute atomic E-state index is 0.0782. The lowest BCUT2D eigenvalue weighted by Gasteiger charge is -2.30. The van der Waals surface area contributed by atoms with E-state index in [-0.39, 0.29) is 30.9 Å². The molecule has 3 aliphatic rings. The summed E-state index contributed by atoms with van der Waals surface area (Å²) in [5, 5.41) is 5.67. The van der Waals surface area contributed by atoms with Gasteiger partial charge in [0.1, 0.15) is 11.6 Å². The second-order valence-corrected chi connectivity index (χ2v) is 9.80. The van der Waals surface area contributed by atoms with Crippen LogP contribution in [0.5, 0.6) is 0 Å². The third-order valence-electron chi connectivity index (χ3n) is 6.72. The molecule has 2 N–H and O–H groups in total. The monoisotopic (exact) mass is 467 g/mol. The quantitative estimate of drug-likeness (QED) is 0.634. The molecule has 33 heavy (non-hydrogen) atoms. The van der Waals surface area contributed by atoms with Crippen molar-refractivity contribution in [3.63, 3.8) is 0 Å². The first-order chi connectivity index (χ1) is 16.0. The molecule has 172 valence electrons. The minimum atomic E-state index is -0.779. The molecule has 0 bridgehead atoms. The molecule has 10 heteroatoms. The number of benzene rings is 1. The molecule has 3 heterocycles. The van der Waals surface area contributed by atoms with Crippen molar-refractivity contribution in [2.45, 2.75) is 63.2 Å². The molecule has 2 saturated heterocycles. The van der Waals surface area contributed by atoms with Gasteiger partial charge in [0.05, 0.1) is 18.6 Å². The molecule has 0 radical (unpaired) electrons. The molecule has 6 amide bonds. The van der Waals surface area contributed by atoms with Gasteiger partial charge in [0.2, 0.25) is 0 Å². The van der Waals surface area contributed by atoms with Crippen molar-refractivity contribution < 1.29 is 19.2 Å². The maximum atomic E-state index is 13.2. The van der Waals surface area contributed by atoms with Crippen molar-refractivity contribution in [2.24, 2.45) is 0 Å². The Kier molecular flexibility index (Phi) is 5.61. The Morgan fingerprint density at radius 1 is 0.970 bits per heavy atom. The van der Waals surface area contributed by atoms with E-state index < -0.39 is 17.6 Å². The van der Waals surface area contributed by atoms with Crippen molar-refractivity contribution >= 4 is 35.2 Å². The van der Waals surface area contributed by atoms with Gasteiger partial charge < -0.3 is 10.6 Å². The number of carbonyl (C=O) groups excluding carboxylic acids is 4. The number of urea groups is 2. The molecule has 2 aliphatic heterocycles. The molecule has 1 aromatic heterocycles. The van der Waals surface area contributed by atoms with Gasteiger partial charge in [0.15, 0.2) is 0 Å². The van der Waals surface area contributed by atoms with E-state index in [0.717, 1.165) is 35.3 Å². The van der Waals surface area contributed by atoms with Crippen LogP contribution in [0.15, 0.2) is 36.0 Å². The molecule has 1 saturated carbocycles. The number of aromatic nitrogens is 1. The van der Waals surface area contributed by atoms with Crippen LogP contribution in [0.4, 0.5) is 9.59 Å². The normalized spacial score (nSPS) is 22.2. The smallest absolute Gasteiger partial charge is 0.325 e. The fraction of sp³-hybridized carbons (Fsp3) is 0.435. The molecular formula is C23H25N5O4S. The van der Waals surface area contributed by atoms with Crippen LogP contribution in [-0.2, 0) is 29.1 Å². The second kappa shape index (κ2) is 8.58. The highest BCUT2D eigenvalue weighted by atomic mass is 32.1. The lowest BCUT2D eigenvalue weighted by atomic mass is 9.81. The van der Waals surface area contributed by atoms with Gasteiger partial charge in [-0.3, -0.25) is 24.4 Å². The van der Waals surface area contributed by atoms with Crippen molar-refractivity contribution in [2.75, 3.05) is 0 Å². The largest absolute Gasteiger partial charge is 0.325 e. The van der Waals surface area contributed by atoms with E-state index in [0.29, 0.717) is 19.3 Å². The number of rotatable bonds is 6. The lowest BCUT2D eigenvalue weighted by molar-refractivity contribution is -0.133. The summed E-state index contributed by atoms with van der Waals surface area (Å²) in [6.45, 7) is 0.186. The molecule has 2 aromatic rings. The fourth-order valence-corrected chi connectivity index (χ4v) is 5.57. The second-order valence-electron chi connectivity index (χ2n) is 8.83. The molecule has 1 aromatic carbocycles. The topological polar surface area (TPSA) is 112 Å². The Labute approximate surface area is 195 Å². The number of thiazole rings is 1. The first-order valence-corrected chi connectivity index (χ1v) is 12.0. The van der Waals surface area contributed by atoms with Gasteiger partial charge >= 0.3 is 12.1 Å². The van der Waals surface area contributed by atoms with Gasteiger partial charge in [-0.15, -0.1) is 11.3 Å². The number of nitrogens with one attached hydrogen (secondary N) is 2. The van der Waals surface area contributed by atoms with Crippen LogP contribution in [0, 0.1) is 0 Å². The summed E-state index contributed by atoms with van der Waals surface area (Å²) < 4.78 is 0. The van der Waals surface area contributed by atoms with Crippen LogP contribution < -0.4 is 10.6 Å². The van der Waals surface area contributed by atoms with Crippen molar-refractivity contribution in [3.8, 4) is 0 Å². The van der Waals surface area contributed by atoms with E-state index in [1.54, 1.807) is 11.7 Å². The zero-order valence-electron chi connectivity index (χ0n) is 18.1. The summed E-state index contributed by atoms with van der Waals surface area (Å²) in [7, 11) is 0. The van der Waals surface area contributed by atoms with Gasteiger partial charge in [-0.2, -0.15) is 0 Å². The Bertz CT molecular complexity index is 1100. The Hall–Kier alpha value is -3.27. The van der Waals surface area contributed by atoms with Crippen LogP contribution in [0.25, 0.3) is 0 Å². The molecule has 1 aliphatic carbocycles. The average Bonchev–Trinajstić information content (AvgIpc) is 3.47. The average molecular weight is 468 g/mol. The third kappa shape index (κ3) is 3.99. The SMILES string of the molecule is O=C1NC(Cc2cncs2)C(=O)N1Cc1ccccc1CN1C(=O)NC2(CCCCC2)C1=O. The summed E-state index contributed by atoms with van der Waals surface area (Å²) in [5.74, 6) is -0.471. The fourth-order valence-electron chi connectivity index (χ4n) is 4.93. The predicted octanol–water partition coefficient (Wildman–Crippen LogP) is 2.56. The zero-order valence-corrected chi connectivity index (χ0v) is 18.9. The number of hydrogen-bond donors (Lipinski definition) is 2. The Balaban J connectivity index is 1.31. The number of amides is 6. The van der Waals surface area contributed by atoms with Crippen LogP contribution in [-0.4, -0.2) is 50.2 Å². The Morgan fingerprint density at radius 2 is 1.67 bits per heavy atom. The molecule has 3 fully saturated rings. The van der Waals surface area contributed by atoms with E-state index >= 15 is 0 Å². The van der Waals surface area contributed by atoms with Crippen LogP contribution in [0.3, 0.4) is 0 Å². The minimum Gasteiger partial charge on any atom is -0.325 e. The van der Waals surface area contributed by atoms with E-state index in [4.69, 9.17) is 0 Å². The highest BCUT2D eigenvalue weighted by Crippen LogP contribution is 2.34. The number of hydrogen-bond acceptors (Lipinski definition) is 6. The maximum absolute atomic E-state index is 13.2. The summed E-state index contributed by atoms with van der Waals surface area (Å²) >= 11 is 1.44. The number of nitrogens with zero attached hydrogens (tertiary/aromatic N) is 3. The molecule has 1 unspecified atom stereocenters. The number of imide groups is 2.